The zero-order valence-corrected chi connectivity index (χ0v) is 20.4. The lowest BCUT2D eigenvalue weighted by Crippen LogP contribution is -2.35. The summed E-state index contributed by atoms with van der Waals surface area (Å²) in [4.78, 5) is 20.0. The SMILES string of the molecule is CCCCOc1nc(N)c2nc(-c3cncc(F)c3)n(Cc3cccc(CN4CCOCC4)c3)c2n1. The molecule has 0 bridgehead atoms. The highest BCUT2D eigenvalue weighted by atomic mass is 19.1. The smallest absolute Gasteiger partial charge is 0.320 e. The van der Waals surface area contributed by atoms with E-state index < -0.39 is 5.82 Å². The molecule has 0 aliphatic carbocycles. The van der Waals surface area contributed by atoms with E-state index in [4.69, 9.17) is 20.2 Å². The fraction of sp³-hybridized carbons (Fsp3) is 0.385. The van der Waals surface area contributed by atoms with Crippen LogP contribution in [0.25, 0.3) is 22.6 Å². The maximum Gasteiger partial charge on any atom is 0.320 e. The highest BCUT2D eigenvalue weighted by Gasteiger charge is 2.20. The fourth-order valence-electron chi connectivity index (χ4n) is 4.30. The van der Waals surface area contributed by atoms with Crippen molar-refractivity contribution in [2.24, 2.45) is 0 Å². The second-order valence-corrected chi connectivity index (χ2v) is 8.89. The maximum atomic E-state index is 14.1. The number of hydrogen-bond donors (Lipinski definition) is 1. The number of fused-ring (bicyclic) bond motifs is 1. The van der Waals surface area contributed by atoms with Crippen LogP contribution >= 0.6 is 0 Å². The molecule has 1 saturated heterocycles. The first-order valence-electron chi connectivity index (χ1n) is 12.3. The number of ether oxygens (including phenoxy) is 2. The van der Waals surface area contributed by atoms with Crippen LogP contribution in [0.2, 0.25) is 0 Å². The summed E-state index contributed by atoms with van der Waals surface area (Å²) in [7, 11) is 0. The third-order valence-corrected chi connectivity index (χ3v) is 6.14. The number of imidazole rings is 1. The molecule has 4 heterocycles. The van der Waals surface area contributed by atoms with Gasteiger partial charge in [-0.15, -0.1) is 0 Å². The lowest BCUT2D eigenvalue weighted by Gasteiger charge is -2.26. The summed E-state index contributed by atoms with van der Waals surface area (Å²) in [5, 5.41) is 0. The third-order valence-electron chi connectivity index (χ3n) is 6.14. The third kappa shape index (κ3) is 5.44. The van der Waals surface area contributed by atoms with Gasteiger partial charge in [-0.1, -0.05) is 37.6 Å². The number of morpholine rings is 1. The number of halogens is 1. The Morgan fingerprint density at radius 3 is 2.64 bits per heavy atom. The Bertz CT molecular complexity index is 1340. The van der Waals surface area contributed by atoms with Crippen LogP contribution in [0.15, 0.2) is 42.7 Å². The van der Waals surface area contributed by atoms with Gasteiger partial charge in [-0.3, -0.25) is 9.88 Å². The molecule has 0 atom stereocenters. The molecule has 4 aromatic rings. The van der Waals surface area contributed by atoms with Gasteiger partial charge in [-0.25, -0.2) is 9.37 Å². The number of hydrogen-bond acceptors (Lipinski definition) is 8. The molecule has 0 unspecified atom stereocenters. The summed E-state index contributed by atoms with van der Waals surface area (Å²) in [6.07, 6.45) is 4.63. The predicted molar refractivity (Wildman–Crippen MR) is 135 cm³/mol. The van der Waals surface area contributed by atoms with E-state index in [1.165, 1.54) is 17.8 Å². The van der Waals surface area contributed by atoms with Crippen LogP contribution in [-0.4, -0.2) is 62.3 Å². The van der Waals surface area contributed by atoms with E-state index >= 15 is 0 Å². The number of nitrogens with two attached hydrogens (primary N) is 1. The molecule has 5 rings (SSSR count). The van der Waals surface area contributed by atoms with Crippen molar-refractivity contribution >= 4 is 17.0 Å². The van der Waals surface area contributed by atoms with Crippen LogP contribution in [0.1, 0.15) is 30.9 Å². The quantitative estimate of drug-likeness (QED) is 0.354. The van der Waals surface area contributed by atoms with Gasteiger partial charge in [0.15, 0.2) is 17.0 Å². The summed E-state index contributed by atoms with van der Waals surface area (Å²) in [6.45, 7) is 7.26. The summed E-state index contributed by atoms with van der Waals surface area (Å²) < 4.78 is 27.2. The van der Waals surface area contributed by atoms with Crippen LogP contribution in [0, 0.1) is 5.82 Å². The lowest BCUT2D eigenvalue weighted by molar-refractivity contribution is 0.0342. The Hall–Kier alpha value is -3.63. The van der Waals surface area contributed by atoms with Gasteiger partial charge in [0.1, 0.15) is 11.6 Å². The lowest BCUT2D eigenvalue weighted by atomic mass is 10.1. The van der Waals surface area contributed by atoms with Crippen molar-refractivity contribution in [3.05, 3.63) is 59.7 Å². The minimum Gasteiger partial charge on any atom is -0.463 e. The first kappa shape index (κ1) is 24.1. The number of benzene rings is 1. The number of nitrogen functional groups attached to an aromatic ring is 1. The van der Waals surface area contributed by atoms with Crippen molar-refractivity contribution in [1.82, 2.24) is 29.4 Å². The Labute approximate surface area is 209 Å². The van der Waals surface area contributed by atoms with Crippen molar-refractivity contribution in [3.8, 4) is 17.4 Å². The molecular formula is C26H30FN7O2. The normalized spacial score (nSPS) is 14.4. The average Bonchev–Trinajstić information content (AvgIpc) is 3.24. The van der Waals surface area contributed by atoms with Crippen LogP contribution in [0.4, 0.5) is 10.2 Å². The molecule has 36 heavy (non-hydrogen) atoms. The zero-order valence-electron chi connectivity index (χ0n) is 20.4. The highest BCUT2D eigenvalue weighted by Crippen LogP contribution is 2.29. The van der Waals surface area contributed by atoms with E-state index in [0.717, 1.165) is 51.3 Å². The molecular weight excluding hydrogens is 461 g/mol. The number of unbranched alkanes of at least 4 members (excludes halogenated alkanes) is 1. The van der Waals surface area contributed by atoms with Crippen LogP contribution < -0.4 is 10.5 Å². The highest BCUT2D eigenvalue weighted by molar-refractivity contribution is 5.85. The molecule has 1 aliphatic rings. The molecule has 0 radical (unpaired) electrons. The van der Waals surface area contributed by atoms with Gasteiger partial charge in [0.25, 0.3) is 0 Å². The molecule has 9 nitrogen and oxygen atoms in total. The van der Waals surface area contributed by atoms with Crippen molar-refractivity contribution in [3.63, 3.8) is 0 Å². The second-order valence-electron chi connectivity index (χ2n) is 8.89. The monoisotopic (exact) mass is 491 g/mol. The summed E-state index contributed by atoms with van der Waals surface area (Å²) in [6, 6.07) is 10.0. The zero-order chi connectivity index (χ0) is 24.9. The predicted octanol–water partition coefficient (Wildman–Crippen LogP) is 3.67. The van der Waals surface area contributed by atoms with Crippen molar-refractivity contribution in [2.75, 3.05) is 38.6 Å². The summed E-state index contributed by atoms with van der Waals surface area (Å²) in [5.41, 5.74) is 10.1. The Balaban J connectivity index is 1.53. The number of pyridine rings is 1. The first-order valence-corrected chi connectivity index (χ1v) is 12.3. The largest absolute Gasteiger partial charge is 0.463 e. The van der Waals surface area contributed by atoms with Crippen LogP contribution in [0.5, 0.6) is 6.01 Å². The molecule has 0 amide bonds. The van der Waals surface area contributed by atoms with Gasteiger partial charge in [0.2, 0.25) is 0 Å². The molecule has 1 aliphatic heterocycles. The Kier molecular flexibility index (Phi) is 7.33. The van der Waals surface area contributed by atoms with Crippen molar-refractivity contribution < 1.29 is 13.9 Å². The topological polar surface area (TPSA) is 104 Å². The van der Waals surface area contributed by atoms with E-state index in [9.17, 15) is 4.39 Å². The van der Waals surface area contributed by atoms with E-state index in [1.54, 1.807) is 6.20 Å². The van der Waals surface area contributed by atoms with Crippen LogP contribution in [0.3, 0.4) is 0 Å². The van der Waals surface area contributed by atoms with Gasteiger partial charge in [0.05, 0.1) is 32.6 Å². The second kappa shape index (κ2) is 11.0. The maximum absolute atomic E-state index is 14.1. The summed E-state index contributed by atoms with van der Waals surface area (Å²) in [5.74, 6) is 0.292. The fourth-order valence-corrected chi connectivity index (χ4v) is 4.30. The molecule has 2 N–H and O–H groups in total. The van der Waals surface area contributed by atoms with Gasteiger partial charge in [0, 0.05) is 31.4 Å². The van der Waals surface area contributed by atoms with Gasteiger partial charge >= 0.3 is 6.01 Å². The van der Waals surface area contributed by atoms with E-state index in [2.05, 4.69) is 51.0 Å². The molecule has 0 spiro atoms. The minimum absolute atomic E-state index is 0.208. The number of nitrogens with zero attached hydrogens (tertiary/aromatic N) is 6. The van der Waals surface area contributed by atoms with Crippen molar-refractivity contribution in [1.29, 1.82) is 0 Å². The molecule has 188 valence electrons. The van der Waals surface area contributed by atoms with E-state index in [0.29, 0.717) is 35.7 Å². The molecule has 1 fully saturated rings. The van der Waals surface area contributed by atoms with Gasteiger partial charge < -0.3 is 19.8 Å². The Morgan fingerprint density at radius 2 is 1.86 bits per heavy atom. The van der Waals surface area contributed by atoms with E-state index in [-0.39, 0.29) is 11.8 Å². The minimum atomic E-state index is -0.443. The first-order chi connectivity index (χ1) is 17.6. The molecule has 10 heteroatoms. The van der Waals surface area contributed by atoms with Gasteiger partial charge in [-0.05, 0) is 23.6 Å². The van der Waals surface area contributed by atoms with Crippen molar-refractivity contribution in [2.45, 2.75) is 32.9 Å². The molecule has 3 aromatic heterocycles. The average molecular weight is 492 g/mol. The van der Waals surface area contributed by atoms with Gasteiger partial charge in [-0.2, -0.15) is 9.97 Å². The number of anilines is 1. The summed E-state index contributed by atoms with van der Waals surface area (Å²) >= 11 is 0. The van der Waals surface area contributed by atoms with E-state index in [1.807, 2.05) is 4.57 Å². The number of aromatic nitrogens is 5. The standard InChI is InChI=1S/C26H30FN7O2/c1-2-3-9-36-26-31-23(28)22-25(32-26)34(24(30-22)20-13-21(27)15-29-14-20)17-19-6-4-5-18(12-19)16-33-7-10-35-11-8-33/h4-6,12-15H,2-3,7-11,16-17H2,1H3,(H2,28,31,32). The molecule has 0 saturated carbocycles. The molecule has 1 aromatic carbocycles. The number of rotatable bonds is 9. The Morgan fingerprint density at radius 1 is 1.06 bits per heavy atom. The van der Waals surface area contributed by atoms with Crippen LogP contribution in [-0.2, 0) is 17.8 Å².